The van der Waals surface area contributed by atoms with Gasteiger partial charge in [0.05, 0.1) is 12.8 Å². The van der Waals surface area contributed by atoms with Gasteiger partial charge in [0.2, 0.25) is 0 Å². The van der Waals surface area contributed by atoms with Gasteiger partial charge in [0.25, 0.3) is 0 Å². The largest absolute Gasteiger partial charge is 0.497 e. The van der Waals surface area contributed by atoms with Gasteiger partial charge in [0.15, 0.2) is 5.13 Å². The van der Waals surface area contributed by atoms with Crippen LogP contribution in [0.25, 0.3) is 22.2 Å². The van der Waals surface area contributed by atoms with Crippen molar-refractivity contribution in [2.75, 3.05) is 19.0 Å². The third kappa shape index (κ3) is 4.47. The molecule has 0 aliphatic heterocycles. The van der Waals surface area contributed by atoms with E-state index in [1.54, 1.807) is 18.4 Å². The van der Waals surface area contributed by atoms with E-state index in [9.17, 15) is 0 Å². The molecule has 1 saturated carbocycles. The molecule has 0 atom stereocenters. The summed E-state index contributed by atoms with van der Waals surface area (Å²) in [5.41, 5.74) is 6.17. The molecule has 2 aromatic carbocycles. The third-order valence-electron chi connectivity index (χ3n) is 6.43. The average Bonchev–Trinajstić information content (AvgIpc) is 3.47. The summed E-state index contributed by atoms with van der Waals surface area (Å²) in [6.45, 7) is 0.854. The number of anilines is 1. The van der Waals surface area contributed by atoms with Crippen LogP contribution >= 0.6 is 11.3 Å². The van der Waals surface area contributed by atoms with E-state index in [0.717, 1.165) is 41.0 Å². The maximum atomic E-state index is 5.31. The number of H-pyrrole nitrogens is 1. The highest BCUT2D eigenvalue weighted by Gasteiger charge is 2.15. The van der Waals surface area contributed by atoms with Gasteiger partial charge in [-0.1, -0.05) is 43.5 Å². The smallest absolute Gasteiger partial charge is 0.183 e. The predicted octanol–water partition coefficient (Wildman–Crippen LogP) is 7.00. The number of aromatic amines is 1. The van der Waals surface area contributed by atoms with Crippen LogP contribution in [0.5, 0.6) is 5.75 Å². The van der Waals surface area contributed by atoms with Gasteiger partial charge in [-0.15, -0.1) is 11.3 Å². The quantitative estimate of drug-likeness (QED) is 0.331. The Bertz CT molecular complexity index is 1140. The first kappa shape index (κ1) is 20.1. The van der Waals surface area contributed by atoms with Crippen LogP contribution in [0, 0.1) is 0 Å². The van der Waals surface area contributed by atoms with Gasteiger partial charge in [0, 0.05) is 40.7 Å². The second-order valence-corrected chi connectivity index (χ2v) is 9.26. The molecule has 2 heterocycles. The zero-order valence-electron chi connectivity index (χ0n) is 18.0. The molecule has 0 saturated heterocycles. The average molecular weight is 432 g/mol. The van der Waals surface area contributed by atoms with E-state index in [2.05, 4.69) is 52.2 Å². The molecule has 160 valence electrons. The van der Waals surface area contributed by atoms with Gasteiger partial charge >= 0.3 is 0 Å². The summed E-state index contributed by atoms with van der Waals surface area (Å²) < 4.78 is 5.31. The second kappa shape index (κ2) is 9.15. The van der Waals surface area contributed by atoms with E-state index in [1.165, 1.54) is 54.2 Å². The number of thiazole rings is 1. The van der Waals surface area contributed by atoms with Crippen LogP contribution in [0.3, 0.4) is 0 Å². The Labute approximate surface area is 187 Å². The molecule has 0 radical (unpaired) electrons. The summed E-state index contributed by atoms with van der Waals surface area (Å²) in [5.74, 6) is 1.63. The van der Waals surface area contributed by atoms with E-state index >= 15 is 0 Å². The Hall–Kier alpha value is -2.79. The number of methoxy groups -OCH3 is 1. The molecule has 0 amide bonds. The zero-order chi connectivity index (χ0) is 21.0. The summed E-state index contributed by atoms with van der Waals surface area (Å²) in [4.78, 5) is 8.15. The molecule has 4 aromatic rings. The molecular formula is C26H29N3OS. The minimum absolute atomic E-state index is 0.751. The zero-order valence-corrected chi connectivity index (χ0v) is 18.8. The highest BCUT2D eigenvalue weighted by molar-refractivity contribution is 7.14. The lowest BCUT2D eigenvalue weighted by Gasteiger charge is -2.22. The van der Waals surface area contributed by atoms with Crippen molar-refractivity contribution in [2.45, 2.75) is 44.4 Å². The van der Waals surface area contributed by atoms with Crippen LogP contribution in [0.15, 0.2) is 54.0 Å². The van der Waals surface area contributed by atoms with Gasteiger partial charge in [-0.05, 0) is 48.4 Å². The van der Waals surface area contributed by atoms with Crippen molar-refractivity contribution in [1.29, 1.82) is 0 Å². The molecule has 31 heavy (non-hydrogen) atoms. The SMILES string of the molecule is COc1ccc2c(CCNc3nc(-c4ccc(C5CCCCC5)cc4)cs3)c[nH]c2c1. The van der Waals surface area contributed by atoms with Crippen LogP contribution in [0.2, 0.25) is 0 Å². The number of rotatable bonds is 7. The first-order valence-electron chi connectivity index (χ1n) is 11.2. The molecule has 5 rings (SSSR count). The number of hydrogen-bond acceptors (Lipinski definition) is 4. The topological polar surface area (TPSA) is 49.9 Å². The van der Waals surface area contributed by atoms with Crippen LogP contribution < -0.4 is 10.1 Å². The minimum Gasteiger partial charge on any atom is -0.497 e. The van der Waals surface area contributed by atoms with E-state index in [-0.39, 0.29) is 0 Å². The maximum absolute atomic E-state index is 5.31. The molecule has 1 aliphatic rings. The Morgan fingerprint density at radius 2 is 1.94 bits per heavy atom. The van der Waals surface area contributed by atoms with Crippen LogP contribution in [-0.4, -0.2) is 23.6 Å². The third-order valence-corrected chi connectivity index (χ3v) is 7.23. The molecule has 2 aromatic heterocycles. The summed E-state index contributed by atoms with van der Waals surface area (Å²) in [5, 5.41) is 7.87. The van der Waals surface area contributed by atoms with Crippen molar-refractivity contribution < 1.29 is 4.74 Å². The van der Waals surface area contributed by atoms with Crippen molar-refractivity contribution in [2.24, 2.45) is 0 Å². The van der Waals surface area contributed by atoms with E-state index in [4.69, 9.17) is 9.72 Å². The maximum Gasteiger partial charge on any atom is 0.183 e. The van der Waals surface area contributed by atoms with Crippen molar-refractivity contribution in [1.82, 2.24) is 9.97 Å². The lowest BCUT2D eigenvalue weighted by molar-refractivity contribution is 0.415. The van der Waals surface area contributed by atoms with E-state index in [1.807, 2.05) is 12.1 Å². The van der Waals surface area contributed by atoms with Crippen LogP contribution in [0.1, 0.15) is 49.1 Å². The van der Waals surface area contributed by atoms with Crippen molar-refractivity contribution in [3.8, 4) is 17.0 Å². The number of hydrogen-bond donors (Lipinski definition) is 2. The molecule has 4 nitrogen and oxygen atoms in total. The first-order valence-corrected chi connectivity index (χ1v) is 12.1. The highest BCUT2D eigenvalue weighted by Crippen LogP contribution is 2.34. The highest BCUT2D eigenvalue weighted by atomic mass is 32.1. The predicted molar refractivity (Wildman–Crippen MR) is 130 cm³/mol. The Kier molecular flexibility index (Phi) is 5.94. The Morgan fingerprint density at radius 1 is 1.10 bits per heavy atom. The van der Waals surface area contributed by atoms with Gasteiger partial charge in [0.1, 0.15) is 5.75 Å². The molecule has 5 heteroatoms. The second-order valence-electron chi connectivity index (χ2n) is 8.40. The van der Waals surface area contributed by atoms with E-state index in [0.29, 0.717) is 0 Å². The van der Waals surface area contributed by atoms with Crippen molar-refractivity contribution in [3.63, 3.8) is 0 Å². The fraction of sp³-hybridized carbons (Fsp3) is 0.346. The van der Waals surface area contributed by atoms with Crippen molar-refractivity contribution >= 4 is 27.4 Å². The van der Waals surface area contributed by atoms with Crippen molar-refractivity contribution in [3.05, 3.63) is 65.2 Å². The Balaban J connectivity index is 1.19. The fourth-order valence-electron chi connectivity index (χ4n) is 4.65. The standard InChI is InChI=1S/C26H29N3OS/c1-30-22-11-12-23-21(16-28-24(23)15-22)13-14-27-26-29-25(17-31-26)20-9-7-19(8-10-20)18-5-3-2-4-6-18/h7-12,15-18,28H,2-6,13-14H2,1H3,(H,27,29). The number of aromatic nitrogens is 2. The van der Waals surface area contributed by atoms with Gasteiger partial charge in [-0.2, -0.15) is 0 Å². The van der Waals surface area contributed by atoms with Gasteiger partial charge in [-0.25, -0.2) is 4.98 Å². The minimum atomic E-state index is 0.751. The molecule has 0 bridgehead atoms. The summed E-state index contributed by atoms with van der Waals surface area (Å²) >= 11 is 1.68. The van der Waals surface area contributed by atoms with E-state index < -0.39 is 0 Å². The first-order chi connectivity index (χ1) is 15.3. The number of ether oxygens (including phenoxy) is 1. The normalized spacial score (nSPS) is 14.7. The monoisotopic (exact) mass is 431 g/mol. The molecule has 1 fully saturated rings. The van der Waals surface area contributed by atoms with Crippen LogP contribution in [0.4, 0.5) is 5.13 Å². The number of benzene rings is 2. The molecule has 0 unspecified atom stereocenters. The molecule has 0 spiro atoms. The summed E-state index contributed by atoms with van der Waals surface area (Å²) in [7, 11) is 1.70. The number of fused-ring (bicyclic) bond motifs is 1. The summed E-state index contributed by atoms with van der Waals surface area (Å²) in [6.07, 6.45) is 9.87. The molecule has 2 N–H and O–H groups in total. The lowest BCUT2D eigenvalue weighted by atomic mass is 9.84. The summed E-state index contributed by atoms with van der Waals surface area (Å²) in [6, 6.07) is 15.3. The molecule has 1 aliphatic carbocycles. The number of nitrogens with zero attached hydrogens (tertiary/aromatic N) is 1. The molecular weight excluding hydrogens is 402 g/mol. The lowest BCUT2D eigenvalue weighted by Crippen LogP contribution is -2.04. The number of nitrogens with one attached hydrogen (secondary N) is 2. The van der Waals surface area contributed by atoms with Crippen LogP contribution in [-0.2, 0) is 6.42 Å². The van der Waals surface area contributed by atoms with Gasteiger partial charge < -0.3 is 15.0 Å². The Morgan fingerprint density at radius 3 is 2.74 bits per heavy atom. The fourth-order valence-corrected chi connectivity index (χ4v) is 5.40. The van der Waals surface area contributed by atoms with Gasteiger partial charge in [-0.3, -0.25) is 0 Å².